The zero-order valence-electron chi connectivity index (χ0n) is 15.8. The molecule has 2 aromatic carbocycles. The Morgan fingerprint density at radius 1 is 1.04 bits per heavy atom. The molecule has 0 aliphatic heterocycles. The van der Waals surface area contributed by atoms with Crippen molar-refractivity contribution in [2.75, 3.05) is 14.2 Å². The number of ether oxygens (including phenoxy) is 2. The van der Waals surface area contributed by atoms with Gasteiger partial charge < -0.3 is 14.8 Å². The van der Waals surface area contributed by atoms with E-state index < -0.39 is 0 Å². The monoisotopic (exact) mass is 431 g/mol. The van der Waals surface area contributed by atoms with Crippen molar-refractivity contribution in [3.8, 4) is 11.5 Å². The van der Waals surface area contributed by atoms with E-state index in [4.69, 9.17) is 9.47 Å². The number of hydrogen-bond donors (Lipinski definition) is 1. The van der Waals surface area contributed by atoms with Gasteiger partial charge in [0.2, 0.25) is 5.91 Å². The zero-order valence-corrected chi connectivity index (χ0v) is 17.4. The second kappa shape index (κ2) is 9.27. The summed E-state index contributed by atoms with van der Waals surface area (Å²) in [4.78, 5) is 12.6. The Labute approximate surface area is 169 Å². The maximum absolute atomic E-state index is 12.6. The minimum Gasteiger partial charge on any atom is -0.493 e. The van der Waals surface area contributed by atoms with Gasteiger partial charge in [-0.3, -0.25) is 4.79 Å². The highest BCUT2D eigenvalue weighted by molar-refractivity contribution is 9.10. The van der Waals surface area contributed by atoms with Crippen LogP contribution in [0.15, 0.2) is 46.9 Å². The summed E-state index contributed by atoms with van der Waals surface area (Å²) < 4.78 is 11.8. The van der Waals surface area contributed by atoms with Gasteiger partial charge in [0.25, 0.3) is 0 Å². The Morgan fingerprint density at radius 2 is 1.74 bits per heavy atom. The molecule has 0 spiro atoms. The highest BCUT2D eigenvalue weighted by atomic mass is 79.9. The SMILES string of the molecule is COc1ccc(C2CCCCC2NC(=O)Cc2ccc(Br)cc2)cc1OC. The van der Waals surface area contributed by atoms with Gasteiger partial charge in [-0.2, -0.15) is 0 Å². The molecule has 2 atom stereocenters. The molecule has 1 amide bonds. The van der Waals surface area contributed by atoms with E-state index in [0.29, 0.717) is 12.3 Å². The first-order valence-electron chi connectivity index (χ1n) is 9.36. The van der Waals surface area contributed by atoms with Crippen molar-refractivity contribution in [1.82, 2.24) is 5.32 Å². The number of carbonyl (C=O) groups excluding carboxylic acids is 1. The van der Waals surface area contributed by atoms with Crippen molar-refractivity contribution in [2.45, 2.75) is 44.1 Å². The van der Waals surface area contributed by atoms with Gasteiger partial charge in [0.1, 0.15) is 0 Å². The average molecular weight is 432 g/mol. The minimum absolute atomic E-state index is 0.0784. The fraction of sp³-hybridized carbons (Fsp3) is 0.409. The van der Waals surface area contributed by atoms with Gasteiger partial charge in [0, 0.05) is 16.4 Å². The Bertz CT molecular complexity index is 776. The van der Waals surface area contributed by atoms with Crippen LogP contribution in [0.2, 0.25) is 0 Å². The highest BCUT2D eigenvalue weighted by Crippen LogP contribution is 2.37. The van der Waals surface area contributed by atoms with Crippen LogP contribution in [0.1, 0.15) is 42.7 Å². The molecular formula is C22H26BrNO3. The fourth-order valence-corrected chi connectivity index (χ4v) is 4.10. The van der Waals surface area contributed by atoms with E-state index in [1.54, 1.807) is 14.2 Å². The largest absolute Gasteiger partial charge is 0.493 e. The molecule has 4 nitrogen and oxygen atoms in total. The lowest BCUT2D eigenvalue weighted by Gasteiger charge is -2.33. The molecule has 2 aromatic rings. The standard InChI is InChI=1S/C22H26BrNO3/c1-26-20-12-9-16(14-21(20)27-2)18-5-3-4-6-19(18)24-22(25)13-15-7-10-17(23)11-8-15/h7-12,14,18-19H,3-6,13H2,1-2H3,(H,24,25). The summed E-state index contributed by atoms with van der Waals surface area (Å²) in [7, 11) is 3.29. The lowest BCUT2D eigenvalue weighted by molar-refractivity contribution is -0.121. The van der Waals surface area contributed by atoms with Gasteiger partial charge in [-0.05, 0) is 48.2 Å². The third-order valence-electron chi connectivity index (χ3n) is 5.23. The molecule has 144 valence electrons. The van der Waals surface area contributed by atoms with Crippen LogP contribution in [-0.2, 0) is 11.2 Å². The van der Waals surface area contributed by atoms with Crippen LogP contribution in [0.4, 0.5) is 0 Å². The Balaban J connectivity index is 1.71. The molecule has 5 heteroatoms. The topological polar surface area (TPSA) is 47.6 Å². The number of nitrogens with one attached hydrogen (secondary N) is 1. The number of methoxy groups -OCH3 is 2. The predicted molar refractivity (Wildman–Crippen MR) is 111 cm³/mol. The average Bonchev–Trinajstić information content (AvgIpc) is 2.69. The minimum atomic E-state index is 0.0784. The van der Waals surface area contributed by atoms with Crippen molar-refractivity contribution in [2.24, 2.45) is 0 Å². The third kappa shape index (κ3) is 5.04. The van der Waals surface area contributed by atoms with E-state index in [1.165, 1.54) is 12.0 Å². The number of halogens is 1. The first kappa shape index (κ1) is 19.7. The molecular weight excluding hydrogens is 406 g/mol. The number of benzene rings is 2. The molecule has 27 heavy (non-hydrogen) atoms. The van der Waals surface area contributed by atoms with Crippen molar-refractivity contribution in [3.63, 3.8) is 0 Å². The van der Waals surface area contributed by atoms with Crippen LogP contribution in [0.3, 0.4) is 0 Å². The summed E-state index contributed by atoms with van der Waals surface area (Å²) in [6.45, 7) is 0. The molecule has 0 bridgehead atoms. The highest BCUT2D eigenvalue weighted by Gasteiger charge is 2.28. The Morgan fingerprint density at radius 3 is 2.44 bits per heavy atom. The summed E-state index contributed by atoms with van der Waals surface area (Å²) in [5.41, 5.74) is 2.22. The van der Waals surface area contributed by atoms with E-state index in [9.17, 15) is 4.79 Å². The van der Waals surface area contributed by atoms with E-state index in [0.717, 1.165) is 40.8 Å². The van der Waals surface area contributed by atoms with Crippen molar-refractivity contribution in [3.05, 3.63) is 58.1 Å². The van der Waals surface area contributed by atoms with Gasteiger partial charge in [-0.15, -0.1) is 0 Å². The maximum Gasteiger partial charge on any atom is 0.224 e. The van der Waals surface area contributed by atoms with Gasteiger partial charge in [0.05, 0.1) is 20.6 Å². The molecule has 3 rings (SSSR count). The predicted octanol–water partition coefficient (Wildman–Crippen LogP) is 4.85. The zero-order chi connectivity index (χ0) is 19.2. The molecule has 0 radical (unpaired) electrons. The van der Waals surface area contributed by atoms with E-state index in [1.807, 2.05) is 36.4 Å². The third-order valence-corrected chi connectivity index (χ3v) is 5.75. The number of amides is 1. The lowest BCUT2D eigenvalue weighted by Crippen LogP contribution is -2.41. The van der Waals surface area contributed by atoms with Crippen molar-refractivity contribution >= 4 is 21.8 Å². The molecule has 0 aromatic heterocycles. The summed E-state index contributed by atoms with van der Waals surface area (Å²) in [6, 6.07) is 14.1. The Kier molecular flexibility index (Phi) is 6.78. The second-order valence-electron chi connectivity index (χ2n) is 6.98. The number of hydrogen-bond acceptors (Lipinski definition) is 3. The van der Waals surface area contributed by atoms with Gasteiger partial charge in [-0.25, -0.2) is 0 Å². The molecule has 1 saturated carbocycles. The summed E-state index contributed by atoms with van der Waals surface area (Å²) in [5.74, 6) is 1.84. The Hall–Kier alpha value is -2.01. The molecule has 1 aliphatic carbocycles. The number of rotatable bonds is 6. The van der Waals surface area contributed by atoms with Gasteiger partial charge in [-0.1, -0.05) is 47.0 Å². The van der Waals surface area contributed by atoms with Crippen LogP contribution in [-0.4, -0.2) is 26.2 Å². The van der Waals surface area contributed by atoms with Crippen LogP contribution >= 0.6 is 15.9 Å². The summed E-state index contributed by atoms with van der Waals surface area (Å²) >= 11 is 3.43. The molecule has 1 aliphatic rings. The lowest BCUT2D eigenvalue weighted by atomic mass is 9.79. The van der Waals surface area contributed by atoms with Crippen LogP contribution in [0.25, 0.3) is 0 Å². The van der Waals surface area contributed by atoms with E-state index in [-0.39, 0.29) is 11.9 Å². The quantitative estimate of drug-likeness (QED) is 0.710. The van der Waals surface area contributed by atoms with Gasteiger partial charge in [0.15, 0.2) is 11.5 Å². The van der Waals surface area contributed by atoms with Gasteiger partial charge >= 0.3 is 0 Å². The first-order valence-corrected chi connectivity index (χ1v) is 10.2. The second-order valence-corrected chi connectivity index (χ2v) is 7.90. The maximum atomic E-state index is 12.6. The number of carbonyl (C=O) groups is 1. The fourth-order valence-electron chi connectivity index (χ4n) is 3.83. The van der Waals surface area contributed by atoms with Crippen LogP contribution in [0.5, 0.6) is 11.5 Å². The molecule has 2 unspecified atom stereocenters. The van der Waals surface area contributed by atoms with E-state index in [2.05, 4.69) is 27.3 Å². The van der Waals surface area contributed by atoms with Crippen LogP contribution < -0.4 is 14.8 Å². The summed E-state index contributed by atoms with van der Waals surface area (Å²) in [6.07, 6.45) is 4.80. The van der Waals surface area contributed by atoms with Crippen LogP contribution in [0, 0.1) is 0 Å². The summed E-state index contributed by atoms with van der Waals surface area (Å²) in [5, 5.41) is 3.27. The normalized spacial score (nSPS) is 19.4. The van der Waals surface area contributed by atoms with E-state index >= 15 is 0 Å². The molecule has 1 N–H and O–H groups in total. The van der Waals surface area contributed by atoms with Crippen molar-refractivity contribution < 1.29 is 14.3 Å². The molecule has 0 heterocycles. The van der Waals surface area contributed by atoms with Crippen molar-refractivity contribution in [1.29, 1.82) is 0 Å². The molecule has 1 fully saturated rings. The molecule has 0 saturated heterocycles. The smallest absolute Gasteiger partial charge is 0.224 e. The first-order chi connectivity index (χ1) is 13.1.